The van der Waals surface area contributed by atoms with Gasteiger partial charge < -0.3 is 10.5 Å². The van der Waals surface area contributed by atoms with Crippen molar-refractivity contribution in [3.05, 3.63) is 29.6 Å². The maximum absolute atomic E-state index is 5.92. The summed E-state index contributed by atoms with van der Waals surface area (Å²) in [7, 11) is 0. The smallest absolute Gasteiger partial charge is 0.0708 e. The molecule has 0 aromatic carbocycles. The van der Waals surface area contributed by atoms with E-state index < -0.39 is 0 Å². The molecule has 0 aliphatic carbocycles. The molecule has 0 fully saturated rings. The predicted octanol–water partition coefficient (Wildman–Crippen LogP) is 1.81. The second kappa shape index (κ2) is 5.08. The van der Waals surface area contributed by atoms with Crippen molar-refractivity contribution in [3.63, 3.8) is 0 Å². The van der Waals surface area contributed by atoms with E-state index in [1.807, 2.05) is 39.0 Å². The molecule has 0 bridgehead atoms. The molecule has 0 saturated carbocycles. The minimum Gasteiger partial charge on any atom is -0.377 e. The molecule has 3 heteroatoms. The van der Waals surface area contributed by atoms with Gasteiger partial charge in [-0.25, -0.2) is 0 Å². The lowest BCUT2D eigenvalue weighted by molar-refractivity contribution is 0.0676. The summed E-state index contributed by atoms with van der Waals surface area (Å²) >= 11 is 0. The molecule has 0 spiro atoms. The van der Waals surface area contributed by atoms with Crippen LogP contribution in [0.25, 0.3) is 0 Å². The van der Waals surface area contributed by atoms with Crippen LogP contribution in [0.4, 0.5) is 0 Å². The molecule has 0 aliphatic heterocycles. The lowest BCUT2D eigenvalue weighted by Crippen LogP contribution is -2.20. The Morgan fingerprint density at radius 3 is 2.71 bits per heavy atom. The maximum atomic E-state index is 5.92. The molecular weight excluding hydrogens is 176 g/mol. The van der Waals surface area contributed by atoms with Gasteiger partial charge in [0.05, 0.1) is 24.4 Å². The van der Waals surface area contributed by atoms with E-state index in [1.54, 1.807) is 0 Å². The van der Waals surface area contributed by atoms with Crippen molar-refractivity contribution in [2.45, 2.75) is 32.9 Å². The van der Waals surface area contributed by atoms with Crippen LogP contribution in [-0.4, -0.2) is 17.7 Å². The predicted molar refractivity (Wildman–Crippen MR) is 57.0 cm³/mol. The molecule has 1 heterocycles. The normalized spacial score (nSPS) is 13.2. The van der Waals surface area contributed by atoms with Crippen LogP contribution in [0.5, 0.6) is 0 Å². The van der Waals surface area contributed by atoms with Gasteiger partial charge in [0.15, 0.2) is 0 Å². The zero-order valence-electron chi connectivity index (χ0n) is 9.03. The standard InChI is InChI=1S/C11H18N2O/c1-8(2)14-7-10(12)11-6-4-5-9(3)13-11/h4-6,8,10H,7,12H2,1-3H3. The lowest BCUT2D eigenvalue weighted by atomic mass is 10.2. The van der Waals surface area contributed by atoms with Gasteiger partial charge in [0.1, 0.15) is 0 Å². The quantitative estimate of drug-likeness (QED) is 0.795. The minimum absolute atomic E-state index is 0.127. The number of pyridine rings is 1. The Morgan fingerprint density at radius 1 is 1.43 bits per heavy atom. The van der Waals surface area contributed by atoms with Crippen LogP contribution in [0, 0.1) is 6.92 Å². The molecule has 1 aromatic heterocycles. The van der Waals surface area contributed by atoms with Crippen molar-refractivity contribution in [3.8, 4) is 0 Å². The van der Waals surface area contributed by atoms with Gasteiger partial charge in [0.25, 0.3) is 0 Å². The second-order valence-electron chi connectivity index (χ2n) is 3.69. The third kappa shape index (κ3) is 3.44. The van der Waals surface area contributed by atoms with E-state index in [4.69, 9.17) is 10.5 Å². The van der Waals surface area contributed by atoms with E-state index in [0.717, 1.165) is 11.4 Å². The summed E-state index contributed by atoms with van der Waals surface area (Å²) in [5.74, 6) is 0. The van der Waals surface area contributed by atoms with Gasteiger partial charge in [-0.15, -0.1) is 0 Å². The SMILES string of the molecule is Cc1cccc(C(N)COC(C)C)n1. The fourth-order valence-corrected chi connectivity index (χ4v) is 1.15. The van der Waals surface area contributed by atoms with Crippen LogP contribution < -0.4 is 5.73 Å². The lowest BCUT2D eigenvalue weighted by Gasteiger charge is -2.14. The molecule has 1 aromatic rings. The monoisotopic (exact) mass is 194 g/mol. The van der Waals surface area contributed by atoms with E-state index in [9.17, 15) is 0 Å². The van der Waals surface area contributed by atoms with Crippen LogP contribution in [0.15, 0.2) is 18.2 Å². The third-order valence-corrected chi connectivity index (χ3v) is 1.90. The summed E-state index contributed by atoms with van der Waals surface area (Å²) in [6.45, 7) is 6.47. The molecule has 0 saturated heterocycles. The van der Waals surface area contributed by atoms with E-state index >= 15 is 0 Å². The molecule has 1 rings (SSSR count). The second-order valence-corrected chi connectivity index (χ2v) is 3.69. The van der Waals surface area contributed by atoms with Crippen molar-refractivity contribution < 1.29 is 4.74 Å². The van der Waals surface area contributed by atoms with Crippen molar-refractivity contribution in [1.29, 1.82) is 0 Å². The Hall–Kier alpha value is -0.930. The Kier molecular flexibility index (Phi) is 4.04. The Bertz CT molecular complexity index is 286. The number of rotatable bonds is 4. The topological polar surface area (TPSA) is 48.1 Å². The molecule has 0 radical (unpaired) electrons. The maximum Gasteiger partial charge on any atom is 0.0708 e. The minimum atomic E-state index is -0.127. The van der Waals surface area contributed by atoms with Gasteiger partial charge in [-0.1, -0.05) is 6.07 Å². The highest BCUT2D eigenvalue weighted by molar-refractivity contribution is 5.12. The first-order valence-electron chi connectivity index (χ1n) is 4.90. The van der Waals surface area contributed by atoms with E-state index in [1.165, 1.54) is 0 Å². The van der Waals surface area contributed by atoms with Gasteiger partial charge in [0, 0.05) is 5.69 Å². The highest BCUT2D eigenvalue weighted by Crippen LogP contribution is 2.08. The summed E-state index contributed by atoms with van der Waals surface area (Å²) in [6, 6.07) is 5.73. The molecule has 0 aliphatic rings. The Morgan fingerprint density at radius 2 is 2.14 bits per heavy atom. The first-order chi connectivity index (χ1) is 6.59. The fraction of sp³-hybridized carbons (Fsp3) is 0.545. The number of nitrogens with zero attached hydrogens (tertiary/aromatic N) is 1. The van der Waals surface area contributed by atoms with Gasteiger partial charge in [-0.2, -0.15) is 0 Å². The molecule has 0 amide bonds. The van der Waals surface area contributed by atoms with Gasteiger partial charge in [0.2, 0.25) is 0 Å². The van der Waals surface area contributed by atoms with E-state index in [-0.39, 0.29) is 12.1 Å². The van der Waals surface area contributed by atoms with E-state index in [2.05, 4.69) is 4.98 Å². The van der Waals surface area contributed by atoms with Crippen molar-refractivity contribution in [2.24, 2.45) is 5.73 Å². The van der Waals surface area contributed by atoms with Crippen LogP contribution in [-0.2, 0) is 4.74 Å². The first-order valence-corrected chi connectivity index (χ1v) is 4.90. The first kappa shape index (κ1) is 11.1. The molecule has 14 heavy (non-hydrogen) atoms. The van der Waals surface area contributed by atoms with E-state index in [0.29, 0.717) is 6.61 Å². The number of hydrogen-bond donors (Lipinski definition) is 1. The summed E-state index contributed by atoms with van der Waals surface area (Å²) in [6.07, 6.45) is 0.214. The molecule has 1 atom stereocenters. The fourth-order valence-electron chi connectivity index (χ4n) is 1.15. The van der Waals surface area contributed by atoms with Gasteiger partial charge in [-0.05, 0) is 32.9 Å². The average Bonchev–Trinajstić information content (AvgIpc) is 2.14. The number of aromatic nitrogens is 1. The Balaban J connectivity index is 2.56. The van der Waals surface area contributed by atoms with Crippen molar-refractivity contribution in [1.82, 2.24) is 4.98 Å². The zero-order chi connectivity index (χ0) is 10.6. The largest absolute Gasteiger partial charge is 0.377 e. The summed E-state index contributed by atoms with van der Waals surface area (Å²) in [4.78, 5) is 4.35. The van der Waals surface area contributed by atoms with Crippen molar-refractivity contribution in [2.75, 3.05) is 6.61 Å². The molecule has 3 nitrogen and oxygen atoms in total. The summed E-state index contributed by atoms with van der Waals surface area (Å²) in [5.41, 5.74) is 7.81. The summed E-state index contributed by atoms with van der Waals surface area (Å²) < 4.78 is 5.43. The molecule has 78 valence electrons. The molecular formula is C11H18N2O. The third-order valence-electron chi connectivity index (χ3n) is 1.90. The molecule has 2 N–H and O–H groups in total. The average molecular weight is 194 g/mol. The number of ether oxygens (including phenoxy) is 1. The number of aryl methyl sites for hydroxylation is 1. The highest BCUT2D eigenvalue weighted by atomic mass is 16.5. The summed E-state index contributed by atoms with van der Waals surface area (Å²) in [5, 5.41) is 0. The van der Waals surface area contributed by atoms with Crippen molar-refractivity contribution >= 4 is 0 Å². The van der Waals surface area contributed by atoms with Gasteiger partial charge in [-0.3, -0.25) is 4.98 Å². The highest BCUT2D eigenvalue weighted by Gasteiger charge is 2.08. The number of nitrogens with two attached hydrogens (primary N) is 1. The Labute approximate surface area is 85.3 Å². The van der Waals surface area contributed by atoms with Crippen LogP contribution in [0.1, 0.15) is 31.3 Å². The van der Waals surface area contributed by atoms with Crippen LogP contribution in [0.2, 0.25) is 0 Å². The zero-order valence-corrected chi connectivity index (χ0v) is 9.03. The van der Waals surface area contributed by atoms with Crippen LogP contribution >= 0.6 is 0 Å². The van der Waals surface area contributed by atoms with Crippen LogP contribution in [0.3, 0.4) is 0 Å². The molecule has 1 unspecified atom stereocenters. The number of hydrogen-bond acceptors (Lipinski definition) is 3. The van der Waals surface area contributed by atoms with Gasteiger partial charge >= 0.3 is 0 Å².